The predicted octanol–water partition coefficient (Wildman–Crippen LogP) is 0.282. The minimum absolute atomic E-state index is 0.0536. The molecule has 0 aromatic heterocycles. The Morgan fingerprint density at radius 3 is 2.65 bits per heavy atom. The first-order valence-corrected chi connectivity index (χ1v) is 8.52. The van der Waals surface area contributed by atoms with E-state index in [-0.39, 0.29) is 24.9 Å². The topological polar surface area (TPSA) is 86.4 Å². The Balaban J connectivity index is 2.50. The van der Waals surface area contributed by atoms with Crippen LogP contribution in [0, 0.1) is 11.3 Å². The monoisotopic (exact) mass is 335 g/mol. The van der Waals surface area contributed by atoms with Crippen molar-refractivity contribution in [3.63, 3.8) is 0 Å². The van der Waals surface area contributed by atoms with Gasteiger partial charge in [0.05, 0.1) is 24.6 Å². The second-order valence-electron chi connectivity index (χ2n) is 5.15. The summed E-state index contributed by atoms with van der Waals surface area (Å²) in [7, 11) is 1.81. The lowest BCUT2D eigenvalue weighted by Gasteiger charge is -2.14. The molecule has 7 heteroatoms. The van der Waals surface area contributed by atoms with Gasteiger partial charge in [-0.2, -0.15) is 5.26 Å². The molecule has 1 unspecified atom stereocenters. The Labute approximate surface area is 141 Å². The van der Waals surface area contributed by atoms with E-state index < -0.39 is 0 Å². The zero-order chi connectivity index (χ0) is 17.1. The average Bonchev–Trinajstić information content (AvgIpc) is 2.51. The molecule has 0 aliphatic heterocycles. The Morgan fingerprint density at radius 1 is 1.26 bits per heavy atom. The number of carbonyl (C=O) groups is 2. The quantitative estimate of drug-likeness (QED) is 0.566. The lowest BCUT2D eigenvalue weighted by molar-refractivity contribution is -0.862. The van der Waals surface area contributed by atoms with Gasteiger partial charge in [0.1, 0.15) is 0 Å². The van der Waals surface area contributed by atoms with Crippen LogP contribution in [0.4, 0.5) is 5.69 Å². The van der Waals surface area contributed by atoms with Crippen LogP contribution in [0.3, 0.4) is 0 Å². The third-order valence-electron chi connectivity index (χ3n) is 2.95. The maximum absolute atomic E-state index is 12.1. The first-order valence-electron chi connectivity index (χ1n) is 7.53. The minimum atomic E-state index is -0.157. The number of likely N-dealkylation sites (N-methyl/N-ethyl adjacent to an activating group) is 1. The smallest absolute Gasteiger partial charge is 0.279 e. The molecule has 0 saturated heterocycles. The molecular formula is C16H23N4O2S+. The first kappa shape index (κ1) is 19.0. The lowest BCUT2D eigenvalue weighted by Crippen LogP contribution is -3.11. The Bertz CT molecular complexity index is 571. The van der Waals surface area contributed by atoms with Crippen molar-refractivity contribution in [1.82, 2.24) is 5.32 Å². The van der Waals surface area contributed by atoms with Crippen LogP contribution in [0.15, 0.2) is 29.2 Å². The number of nitrogens with one attached hydrogen (secondary N) is 3. The fourth-order valence-electron chi connectivity index (χ4n) is 1.94. The Kier molecular flexibility index (Phi) is 8.80. The summed E-state index contributed by atoms with van der Waals surface area (Å²) in [5.74, 6) is 0.119. The summed E-state index contributed by atoms with van der Waals surface area (Å²) in [6, 6.07) is 9.44. The largest absolute Gasteiger partial charge is 0.351 e. The summed E-state index contributed by atoms with van der Waals surface area (Å²) < 4.78 is 0. The zero-order valence-corrected chi connectivity index (χ0v) is 14.3. The summed E-state index contributed by atoms with van der Waals surface area (Å²) in [5.41, 5.74) is 0.695. The molecule has 23 heavy (non-hydrogen) atoms. The van der Waals surface area contributed by atoms with Crippen LogP contribution >= 0.6 is 11.8 Å². The molecule has 0 saturated carbocycles. The highest BCUT2D eigenvalue weighted by molar-refractivity contribution is 7.99. The van der Waals surface area contributed by atoms with Crippen molar-refractivity contribution < 1.29 is 14.5 Å². The number of rotatable bonds is 9. The maximum Gasteiger partial charge on any atom is 0.279 e. The summed E-state index contributed by atoms with van der Waals surface area (Å²) in [5, 5.41) is 14.3. The van der Waals surface area contributed by atoms with Gasteiger partial charge in [0.15, 0.2) is 13.1 Å². The lowest BCUT2D eigenvalue weighted by atomic mass is 10.3. The molecule has 0 aliphatic carbocycles. The fraction of sp³-hybridized carbons (Fsp3) is 0.438. The van der Waals surface area contributed by atoms with Crippen LogP contribution in [-0.4, -0.2) is 44.2 Å². The molecule has 0 aliphatic rings. The number of nitriles is 1. The van der Waals surface area contributed by atoms with E-state index in [1.807, 2.05) is 25.1 Å². The second kappa shape index (κ2) is 10.6. The molecule has 0 spiro atoms. The van der Waals surface area contributed by atoms with Gasteiger partial charge >= 0.3 is 0 Å². The van der Waals surface area contributed by atoms with Crippen molar-refractivity contribution in [1.29, 1.82) is 5.26 Å². The second-order valence-corrected chi connectivity index (χ2v) is 6.17. The number of anilines is 1. The molecule has 1 rings (SSSR count). The predicted molar refractivity (Wildman–Crippen MR) is 91.3 cm³/mol. The molecule has 1 atom stereocenters. The minimum Gasteiger partial charge on any atom is -0.351 e. The summed E-state index contributed by atoms with van der Waals surface area (Å²) in [6.07, 6.45) is 0.891. The number of thioether (sulfide) groups is 1. The van der Waals surface area contributed by atoms with E-state index in [1.54, 1.807) is 13.1 Å². The first-order chi connectivity index (χ1) is 11.1. The van der Waals surface area contributed by atoms with Gasteiger partial charge in [0, 0.05) is 11.4 Å². The Morgan fingerprint density at radius 2 is 1.96 bits per heavy atom. The van der Waals surface area contributed by atoms with E-state index in [0.717, 1.165) is 16.2 Å². The third kappa shape index (κ3) is 7.68. The SMILES string of the molecule is CCCNC(=O)C[NH+](C)CC(=O)Nc1ccccc1SCC#N. The van der Waals surface area contributed by atoms with Crippen LogP contribution in [0.2, 0.25) is 0 Å². The van der Waals surface area contributed by atoms with Crippen LogP contribution in [-0.2, 0) is 9.59 Å². The van der Waals surface area contributed by atoms with E-state index >= 15 is 0 Å². The highest BCUT2D eigenvalue weighted by Gasteiger charge is 2.15. The summed E-state index contributed by atoms with van der Waals surface area (Å²) in [6.45, 7) is 3.11. The van der Waals surface area contributed by atoms with E-state index in [2.05, 4.69) is 16.7 Å². The van der Waals surface area contributed by atoms with Crippen molar-refractivity contribution in [2.24, 2.45) is 0 Å². The van der Waals surface area contributed by atoms with Gasteiger partial charge in [-0.3, -0.25) is 9.59 Å². The Hall–Kier alpha value is -2.04. The van der Waals surface area contributed by atoms with Gasteiger partial charge in [0.2, 0.25) is 0 Å². The molecule has 6 nitrogen and oxygen atoms in total. The van der Waals surface area contributed by atoms with Gasteiger partial charge < -0.3 is 15.5 Å². The van der Waals surface area contributed by atoms with Crippen LogP contribution < -0.4 is 15.5 Å². The number of carbonyl (C=O) groups excluding carboxylic acids is 2. The van der Waals surface area contributed by atoms with E-state index in [9.17, 15) is 9.59 Å². The number of para-hydroxylation sites is 1. The highest BCUT2D eigenvalue weighted by atomic mass is 32.2. The number of hydrogen-bond acceptors (Lipinski definition) is 4. The van der Waals surface area contributed by atoms with Crippen molar-refractivity contribution in [3.8, 4) is 6.07 Å². The van der Waals surface area contributed by atoms with Gasteiger partial charge in [-0.25, -0.2) is 0 Å². The molecule has 0 radical (unpaired) electrons. The molecule has 0 heterocycles. The van der Waals surface area contributed by atoms with Gasteiger partial charge in [-0.1, -0.05) is 19.1 Å². The van der Waals surface area contributed by atoms with Crippen molar-refractivity contribution in [2.75, 3.05) is 37.8 Å². The number of amides is 2. The van der Waals surface area contributed by atoms with E-state index in [4.69, 9.17) is 5.26 Å². The van der Waals surface area contributed by atoms with E-state index in [0.29, 0.717) is 18.0 Å². The van der Waals surface area contributed by atoms with Crippen molar-refractivity contribution in [2.45, 2.75) is 18.2 Å². The summed E-state index contributed by atoms with van der Waals surface area (Å²) in [4.78, 5) is 25.4. The molecule has 1 aromatic carbocycles. The zero-order valence-electron chi connectivity index (χ0n) is 13.5. The van der Waals surface area contributed by atoms with Gasteiger partial charge in [-0.05, 0) is 18.6 Å². The van der Waals surface area contributed by atoms with Crippen LogP contribution in [0.5, 0.6) is 0 Å². The number of nitrogens with zero attached hydrogens (tertiary/aromatic N) is 1. The molecule has 0 fully saturated rings. The average molecular weight is 335 g/mol. The molecule has 3 N–H and O–H groups in total. The van der Waals surface area contributed by atoms with Crippen molar-refractivity contribution >= 4 is 29.3 Å². The summed E-state index contributed by atoms with van der Waals surface area (Å²) >= 11 is 1.38. The molecular weight excluding hydrogens is 312 g/mol. The normalized spacial score (nSPS) is 11.3. The molecule has 2 amide bonds. The molecule has 1 aromatic rings. The number of quaternary nitrogens is 1. The standard InChI is InChI=1S/C16H22N4O2S/c1-3-9-18-15(21)11-20(2)12-16(22)19-13-6-4-5-7-14(13)23-10-8-17/h4-7H,3,9-12H2,1-2H3,(H,18,21)(H,19,22)/p+1. The molecule has 124 valence electrons. The fourth-order valence-corrected chi connectivity index (χ4v) is 2.61. The number of hydrogen-bond donors (Lipinski definition) is 3. The third-order valence-corrected chi connectivity index (χ3v) is 3.89. The van der Waals surface area contributed by atoms with Gasteiger partial charge in [0.25, 0.3) is 11.8 Å². The van der Waals surface area contributed by atoms with Crippen LogP contribution in [0.1, 0.15) is 13.3 Å². The highest BCUT2D eigenvalue weighted by Crippen LogP contribution is 2.26. The van der Waals surface area contributed by atoms with E-state index in [1.165, 1.54) is 11.8 Å². The maximum atomic E-state index is 12.1. The van der Waals surface area contributed by atoms with Crippen molar-refractivity contribution in [3.05, 3.63) is 24.3 Å². The van der Waals surface area contributed by atoms with Crippen LogP contribution in [0.25, 0.3) is 0 Å². The number of benzene rings is 1. The molecule has 0 bridgehead atoms. The van der Waals surface area contributed by atoms with Gasteiger partial charge in [-0.15, -0.1) is 11.8 Å².